The number of amides is 3. The maximum Gasteiger partial charge on any atom is 0.425 e. The molecule has 9 heteroatoms. The van der Waals surface area contributed by atoms with E-state index in [1.807, 2.05) is 0 Å². The number of nitrogen functional groups attached to an aromatic ring is 1. The topological polar surface area (TPSA) is 126 Å². The van der Waals surface area contributed by atoms with Crippen LogP contribution in [0.5, 0.6) is 17.2 Å². The van der Waals surface area contributed by atoms with Gasteiger partial charge in [-0.2, -0.15) is 0 Å². The molecule has 3 rings (SSSR count). The van der Waals surface area contributed by atoms with Crippen LogP contribution in [0.4, 0.5) is 26.7 Å². The molecule has 0 bridgehead atoms. The van der Waals surface area contributed by atoms with Gasteiger partial charge in [-0.05, 0) is 31.0 Å². The molecule has 3 amide bonds. The van der Waals surface area contributed by atoms with Crippen LogP contribution in [-0.2, 0) is 0 Å². The summed E-state index contributed by atoms with van der Waals surface area (Å²) < 4.78 is 11.7. The van der Waals surface area contributed by atoms with E-state index in [9.17, 15) is 14.7 Å². The van der Waals surface area contributed by atoms with Gasteiger partial charge in [-0.1, -0.05) is 6.07 Å². The zero-order chi connectivity index (χ0) is 21.0. The third-order valence-electron chi connectivity index (χ3n) is 4.62. The number of unbranched alkanes of at least 4 members (excludes halogenated alkanes) is 1. The minimum Gasteiger partial charge on any atom is -0.530 e. The highest BCUT2D eigenvalue weighted by molar-refractivity contribution is 6.08. The molecular weight excluding hydrogens is 376 g/mol. The predicted octanol–water partition coefficient (Wildman–Crippen LogP) is 2.27. The Labute approximate surface area is 168 Å². The molecule has 0 fully saturated rings. The van der Waals surface area contributed by atoms with Gasteiger partial charge in [-0.3, -0.25) is 5.32 Å². The number of nitrogens with one attached hydrogen (secondary N) is 2. The number of anilines is 2. The molecule has 1 aliphatic rings. The van der Waals surface area contributed by atoms with Gasteiger partial charge in [0.05, 0.1) is 26.4 Å². The molecule has 0 radical (unpaired) electrons. The number of hydrogen-bond donors (Lipinski definition) is 3. The van der Waals surface area contributed by atoms with Gasteiger partial charge in [-0.15, -0.1) is 0 Å². The fraction of sp³-hybridized carbons (Fsp3) is 0.300. The first-order valence-corrected chi connectivity index (χ1v) is 9.22. The van der Waals surface area contributed by atoms with Crippen LogP contribution in [0, 0.1) is 0 Å². The van der Waals surface area contributed by atoms with E-state index in [2.05, 4.69) is 10.6 Å². The van der Waals surface area contributed by atoms with E-state index in [1.54, 1.807) is 50.5 Å². The highest BCUT2D eigenvalue weighted by atomic mass is 16.5. The molecule has 0 atom stereocenters. The SMILES string of the molecule is C[N+]1(C)C(=O)Nc2cc(N)c(Oc3cccc(OCCCCNC(=O)[O-])c3)cc21. The van der Waals surface area contributed by atoms with Crippen molar-refractivity contribution in [2.24, 2.45) is 0 Å². The Kier molecular flexibility index (Phi) is 5.79. The Balaban J connectivity index is 1.63. The van der Waals surface area contributed by atoms with Gasteiger partial charge in [-0.25, -0.2) is 9.28 Å². The van der Waals surface area contributed by atoms with Crippen molar-refractivity contribution in [2.75, 3.05) is 38.3 Å². The van der Waals surface area contributed by atoms with Gasteiger partial charge in [0.2, 0.25) is 0 Å². The number of ether oxygens (including phenoxy) is 2. The lowest BCUT2D eigenvalue weighted by molar-refractivity contribution is -0.250. The van der Waals surface area contributed by atoms with Crippen molar-refractivity contribution in [2.45, 2.75) is 12.8 Å². The number of quaternary nitrogens is 1. The molecule has 2 aromatic carbocycles. The molecule has 4 N–H and O–H groups in total. The van der Waals surface area contributed by atoms with E-state index in [1.165, 1.54) is 0 Å². The first kappa shape index (κ1) is 20.3. The van der Waals surface area contributed by atoms with Gasteiger partial charge in [0.15, 0.2) is 11.4 Å². The molecule has 1 aliphatic heterocycles. The van der Waals surface area contributed by atoms with Gasteiger partial charge in [0.25, 0.3) is 0 Å². The lowest BCUT2D eigenvalue weighted by atomic mass is 10.2. The highest BCUT2D eigenvalue weighted by Crippen LogP contribution is 2.43. The summed E-state index contributed by atoms with van der Waals surface area (Å²) in [5.41, 5.74) is 7.96. The Bertz CT molecular complexity index is 929. The van der Waals surface area contributed by atoms with Crippen molar-refractivity contribution in [1.82, 2.24) is 9.80 Å². The summed E-state index contributed by atoms with van der Waals surface area (Å²) >= 11 is 0. The molecular formula is C20H24N4O5. The second kappa shape index (κ2) is 8.27. The second-order valence-corrected chi connectivity index (χ2v) is 7.14. The van der Waals surface area contributed by atoms with Crippen LogP contribution in [-0.4, -0.2) is 39.4 Å². The van der Waals surface area contributed by atoms with Crippen molar-refractivity contribution in [3.05, 3.63) is 36.4 Å². The van der Waals surface area contributed by atoms with Gasteiger partial charge in [0.1, 0.15) is 23.3 Å². The van der Waals surface area contributed by atoms with Crippen molar-refractivity contribution in [3.63, 3.8) is 0 Å². The van der Waals surface area contributed by atoms with E-state index in [0.29, 0.717) is 54.6 Å². The quantitative estimate of drug-likeness (QED) is 0.355. The van der Waals surface area contributed by atoms with E-state index in [4.69, 9.17) is 15.2 Å². The summed E-state index contributed by atoms with van der Waals surface area (Å²) in [5.74, 6) is 1.63. The number of fused-ring (bicyclic) bond motifs is 1. The second-order valence-electron chi connectivity index (χ2n) is 7.14. The molecule has 9 nitrogen and oxygen atoms in total. The molecule has 0 spiro atoms. The highest BCUT2D eigenvalue weighted by Gasteiger charge is 2.40. The standard InChI is InChI=1S/C20H24N4O5/c1-24(2)17-12-18(15(21)11-16(17)23-19(24)25)29-14-7-5-6-13(10-14)28-9-4-3-8-22-20(26)27/h5-7,10-12,22H,3-4,8-9,21H2,1-2H3,(H-,23,25,26,27). The molecule has 0 saturated heterocycles. The zero-order valence-electron chi connectivity index (χ0n) is 16.4. The lowest BCUT2D eigenvalue weighted by Gasteiger charge is -2.19. The zero-order valence-corrected chi connectivity index (χ0v) is 16.4. The lowest BCUT2D eigenvalue weighted by Crippen LogP contribution is -2.44. The van der Waals surface area contributed by atoms with Gasteiger partial charge >= 0.3 is 6.03 Å². The van der Waals surface area contributed by atoms with E-state index >= 15 is 0 Å². The van der Waals surface area contributed by atoms with Gasteiger partial charge in [0, 0.05) is 18.7 Å². The number of benzene rings is 2. The Hall–Kier alpha value is -3.46. The summed E-state index contributed by atoms with van der Waals surface area (Å²) in [6, 6.07) is 10.5. The fourth-order valence-electron chi connectivity index (χ4n) is 2.96. The van der Waals surface area contributed by atoms with Crippen LogP contribution in [0.2, 0.25) is 0 Å². The number of carbonyl (C=O) groups excluding carboxylic acids is 2. The summed E-state index contributed by atoms with van der Waals surface area (Å²) in [7, 11) is 3.58. The number of rotatable bonds is 8. The number of urea groups is 1. The first-order valence-electron chi connectivity index (χ1n) is 9.22. The number of hydrogen-bond acceptors (Lipinski definition) is 6. The van der Waals surface area contributed by atoms with Crippen molar-refractivity contribution >= 4 is 29.2 Å². The predicted molar refractivity (Wildman–Crippen MR) is 108 cm³/mol. The van der Waals surface area contributed by atoms with E-state index in [-0.39, 0.29) is 10.5 Å². The van der Waals surface area contributed by atoms with Crippen molar-refractivity contribution in [1.29, 1.82) is 0 Å². The molecule has 0 aliphatic carbocycles. The monoisotopic (exact) mass is 400 g/mol. The number of nitrogens with two attached hydrogens (primary N) is 1. The third-order valence-corrected chi connectivity index (χ3v) is 4.62. The number of carbonyl (C=O) groups is 2. The van der Waals surface area contributed by atoms with E-state index in [0.717, 1.165) is 5.69 Å². The fourth-order valence-corrected chi connectivity index (χ4v) is 2.96. The Morgan fingerprint density at radius 1 is 1.21 bits per heavy atom. The van der Waals surface area contributed by atoms with Gasteiger partial charge < -0.3 is 30.4 Å². The first-order chi connectivity index (χ1) is 13.8. The van der Waals surface area contributed by atoms with Crippen LogP contribution in [0.3, 0.4) is 0 Å². The van der Waals surface area contributed by atoms with Crippen molar-refractivity contribution < 1.29 is 24.2 Å². The van der Waals surface area contributed by atoms with Crippen LogP contribution in [0.25, 0.3) is 0 Å². The molecule has 154 valence electrons. The minimum absolute atomic E-state index is 0.0575. The summed E-state index contributed by atoms with van der Waals surface area (Å²) in [4.78, 5) is 22.4. The maximum atomic E-state index is 12.1. The molecule has 0 aromatic heterocycles. The average molecular weight is 400 g/mol. The van der Waals surface area contributed by atoms with Crippen LogP contribution in [0.15, 0.2) is 36.4 Å². The molecule has 0 unspecified atom stereocenters. The molecule has 2 aromatic rings. The molecule has 29 heavy (non-hydrogen) atoms. The Morgan fingerprint density at radius 2 is 1.97 bits per heavy atom. The van der Waals surface area contributed by atoms with E-state index < -0.39 is 6.09 Å². The van der Waals surface area contributed by atoms with Crippen molar-refractivity contribution in [3.8, 4) is 17.2 Å². The minimum atomic E-state index is -1.27. The Morgan fingerprint density at radius 3 is 2.72 bits per heavy atom. The molecule has 0 saturated carbocycles. The number of carboxylic acid groups (broad SMARTS) is 1. The largest absolute Gasteiger partial charge is 0.530 e. The maximum absolute atomic E-state index is 12.1. The average Bonchev–Trinajstić information content (AvgIpc) is 2.87. The smallest absolute Gasteiger partial charge is 0.425 e. The van der Waals surface area contributed by atoms with Crippen LogP contribution < -0.4 is 35.4 Å². The third kappa shape index (κ3) is 4.69. The summed E-state index contributed by atoms with van der Waals surface area (Å²) in [6.07, 6.45) is 0.0669. The summed E-state index contributed by atoms with van der Waals surface area (Å²) in [6.45, 7) is 0.775. The van der Waals surface area contributed by atoms with Crippen LogP contribution in [0.1, 0.15) is 12.8 Å². The molecule has 1 heterocycles. The normalized spacial score (nSPS) is 14.1. The number of nitrogens with zero attached hydrogens (tertiary/aromatic N) is 1. The van der Waals surface area contributed by atoms with Crippen LogP contribution >= 0.6 is 0 Å². The summed E-state index contributed by atoms with van der Waals surface area (Å²) in [5, 5.41) is 15.3.